The predicted octanol–water partition coefficient (Wildman–Crippen LogP) is 4.84. The number of benzene rings is 3. The summed E-state index contributed by atoms with van der Waals surface area (Å²) in [5.41, 5.74) is 2.38. The topological polar surface area (TPSA) is 80.3 Å². The summed E-state index contributed by atoms with van der Waals surface area (Å²) in [6.07, 6.45) is -0.642. The van der Waals surface area contributed by atoms with Crippen molar-refractivity contribution in [3.63, 3.8) is 0 Å². The zero-order valence-electron chi connectivity index (χ0n) is 17.2. The molecule has 0 aliphatic carbocycles. The number of phenolic OH excluding ortho intramolecular Hbond substituents is 1. The van der Waals surface area contributed by atoms with Gasteiger partial charge in [-0.15, -0.1) is 0 Å². The number of rotatable bonds is 5. The molecule has 1 amide bonds. The van der Waals surface area contributed by atoms with Gasteiger partial charge in [0.25, 0.3) is 5.91 Å². The maximum atomic E-state index is 13.6. The summed E-state index contributed by atoms with van der Waals surface area (Å²) >= 11 is 6.24. The molecular formula is C23H21ClN2O5. The molecule has 0 fully saturated rings. The Kier molecular flexibility index (Phi) is 5.52. The largest absolute Gasteiger partial charge is 0.503 e. The van der Waals surface area contributed by atoms with Gasteiger partial charge in [-0.1, -0.05) is 23.7 Å². The number of ether oxygens (including phenoxy) is 3. The van der Waals surface area contributed by atoms with Gasteiger partial charge in [-0.05, 0) is 36.4 Å². The number of para-hydroxylation sites is 1. The summed E-state index contributed by atoms with van der Waals surface area (Å²) in [7, 11) is 4.53. The third-order valence-corrected chi connectivity index (χ3v) is 5.45. The van der Waals surface area contributed by atoms with Crippen molar-refractivity contribution >= 4 is 28.9 Å². The molecule has 1 aliphatic heterocycles. The number of carbonyl (C=O) groups excluding carboxylic acids is 1. The van der Waals surface area contributed by atoms with Gasteiger partial charge >= 0.3 is 0 Å². The van der Waals surface area contributed by atoms with Gasteiger partial charge in [-0.2, -0.15) is 0 Å². The van der Waals surface area contributed by atoms with Crippen molar-refractivity contribution in [3.05, 3.63) is 70.7 Å². The van der Waals surface area contributed by atoms with Gasteiger partial charge in [-0.25, -0.2) is 0 Å². The molecule has 0 radical (unpaired) electrons. The number of anilines is 2. The fraction of sp³-hybridized carbons (Fsp3) is 0.174. The molecule has 0 aromatic heterocycles. The second-order valence-corrected chi connectivity index (χ2v) is 7.27. The molecule has 0 bridgehead atoms. The van der Waals surface area contributed by atoms with Crippen LogP contribution in [0.4, 0.5) is 11.4 Å². The molecule has 2 N–H and O–H groups in total. The number of phenols is 1. The molecule has 1 aliphatic rings. The molecular weight excluding hydrogens is 420 g/mol. The van der Waals surface area contributed by atoms with Gasteiger partial charge in [0.05, 0.1) is 37.6 Å². The van der Waals surface area contributed by atoms with Gasteiger partial charge in [0.15, 0.2) is 11.5 Å². The highest BCUT2D eigenvalue weighted by atomic mass is 35.5. The van der Waals surface area contributed by atoms with Crippen molar-refractivity contribution in [1.82, 2.24) is 0 Å². The van der Waals surface area contributed by atoms with Crippen LogP contribution in [0.5, 0.6) is 23.0 Å². The normalized spacial score (nSPS) is 15.2. The molecule has 0 spiro atoms. The molecule has 1 atom stereocenters. The Morgan fingerprint density at radius 1 is 0.968 bits per heavy atom. The highest BCUT2D eigenvalue weighted by Gasteiger charge is 2.36. The van der Waals surface area contributed by atoms with Gasteiger partial charge < -0.3 is 24.6 Å². The van der Waals surface area contributed by atoms with Crippen LogP contribution in [0.1, 0.15) is 22.1 Å². The van der Waals surface area contributed by atoms with Gasteiger partial charge in [0.1, 0.15) is 17.7 Å². The van der Waals surface area contributed by atoms with E-state index in [1.807, 2.05) is 18.2 Å². The number of methoxy groups -OCH3 is 3. The first-order valence-electron chi connectivity index (χ1n) is 9.46. The summed E-state index contributed by atoms with van der Waals surface area (Å²) in [6.45, 7) is 0. The van der Waals surface area contributed by atoms with E-state index in [0.29, 0.717) is 34.0 Å². The third kappa shape index (κ3) is 3.57. The van der Waals surface area contributed by atoms with Crippen LogP contribution in [0, 0.1) is 0 Å². The molecule has 31 heavy (non-hydrogen) atoms. The summed E-state index contributed by atoms with van der Waals surface area (Å²) < 4.78 is 16.1. The van der Waals surface area contributed by atoms with Crippen molar-refractivity contribution in [2.45, 2.75) is 6.17 Å². The lowest BCUT2D eigenvalue weighted by Gasteiger charge is -2.38. The third-order valence-electron chi connectivity index (χ3n) is 5.16. The van der Waals surface area contributed by atoms with Crippen LogP contribution in [0.15, 0.2) is 54.6 Å². The number of fused-ring (bicyclic) bond motifs is 1. The fourth-order valence-electron chi connectivity index (χ4n) is 3.63. The summed E-state index contributed by atoms with van der Waals surface area (Å²) in [5.74, 6) is 0.896. The Morgan fingerprint density at radius 3 is 2.42 bits per heavy atom. The Labute approximate surface area is 184 Å². The zero-order chi connectivity index (χ0) is 22.1. The molecule has 7 nitrogen and oxygen atoms in total. The number of amides is 1. The highest BCUT2D eigenvalue weighted by molar-refractivity contribution is 6.32. The summed E-state index contributed by atoms with van der Waals surface area (Å²) in [4.78, 5) is 15.2. The second-order valence-electron chi connectivity index (χ2n) is 6.86. The van der Waals surface area contributed by atoms with E-state index in [9.17, 15) is 9.90 Å². The van der Waals surface area contributed by atoms with E-state index in [1.165, 1.54) is 14.2 Å². The number of hydrogen-bond acceptors (Lipinski definition) is 6. The van der Waals surface area contributed by atoms with Crippen molar-refractivity contribution < 1.29 is 24.1 Å². The van der Waals surface area contributed by atoms with E-state index in [1.54, 1.807) is 48.4 Å². The molecule has 8 heteroatoms. The van der Waals surface area contributed by atoms with Crippen LogP contribution in [0.25, 0.3) is 0 Å². The number of hydrogen-bond donors (Lipinski definition) is 2. The number of nitrogens with one attached hydrogen (secondary N) is 1. The Morgan fingerprint density at radius 2 is 1.71 bits per heavy atom. The van der Waals surface area contributed by atoms with Gasteiger partial charge in [0, 0.05) is 17.3 Å². The van der Waals surface area contributed by atoms with Crippen molar-refractivity contribution in [2.24, 2.45) is 0 Å². The molecule has 3 aromatic rings. The molecule has 3 aromatic carbocycles. The van der Waals surface area contributed by atoms with Crippen LogP contribution in [0.2, 0.25) is 5.02 Å². The van der Waals surface area contributed by atoms with Gasteiger partial charge in [-0.3, -0.25) is 9.69 Å². The average molecular weight is 441 g/mol. The first kappa shape index (κ1) is 20.7. The number of halogens is 1. The number of aromatic hydroxyl groups is 1. The van der Waals surface area contributed by atoms with E-state index in [4.69, 9.17) is 25.8 Å². The smallest absolute Gasteiger partial charge is 0.262 e. The average Bonchev–Trinajstić information content (AvgIpc) is 2.80. The SMILES string of the molecule is COc1ccc(N2C(=O)c3ccccc3NC2c2cc(Cl)c(O)c(OC)c2)c(OC)c1. The monoisotopic (exact) mass is 440 g/mol. The Hall–Kier alpha value is -3.58. The second kappa shape index (κ2) is 8.28. The highest BCUT2D eigenvalue weighted by Crippen LogP contribution is 2.44. The van der Waals surface area contributed by atoms with Gasteiger partial charge in [0.2, 0.25) is 0 Å². The van der Waals surface area contributed by atoms with Crippen molar-refractivity contribution in [2.75, 3.05) is 31.5 Å². The molecule has 4 rings (SSSR count). The maximum Gasteiger partial charge on any atom is 0.262 e. The Balaban J connectivity index is 1.92. The zero-order valence-corrected chi connectivity index (χ0v) is 17.9. The van der Waals surface area contributed by atoms with Crippen LogP contribution in [-0.2, 0) is 0 Å². The summed E-state index contributed by atoms with van der Waals surface area (Å²) in [6, 6.07) is 15.7. The summed E-state index contributed by atoms with van der Waals surface area (Å²) in [5, 5.41) is 13.7. The van der Waals surface area contributed by atoms with E-state index in [2.05, 4.69) is 5.32 Å². The number of nitrogens with zero attached hydrogens (tertiary/aromatic N) is 1. The fourth-order valence-corrected chi connectivity index (χ4v) is 3.85. The van der Waals surface area contributed by atoms with Crippen LogP contribution < -0.4 is 24.4 Å². The van der Waals surface area contributed by atoms with Crippen LogP contribution >= 0.6 is 11.6 Å². The van der Waals surface area contributed by atoms with E-state index in [0.717, 1.165) is 0 Å². The first-order chi connectivity index (χ1) is 15.0. The van der Waals surface area contributed by atoms with Crippen LogP contribution in [0.3, 0.4) is 0 Å². The predicted molar refractivity (Wildman–Crippen MR) is 119 cm³/mol. The minimum atomic E-state index is -0.642. The molecule has 0 saturated heterocycles. The lowest BCUT2D eigenvalue weighted by atomic mass is 10.0. The molecule has 160 valence electrons. The quantitative estimate of drug-likeness (QED) is 0.590. The van der Waals surface area contributed by atoms with E-state index in [-0.39, 0.29) is 22.4 Å². The maximum absolute atomic E-state index is 13.6. The molecule has 1 heterocycles. The first-order valence-corrected chi connectivity index (χ1v) is 9.83. The standard InChI is InChI=1S/C23H21ClN2O5/c1-29-14-8-9-18(19(12-14)30-2)26-22(13-10-16(24)21(27)20(11-13)31-3)25-17-7-5-4-6-15(17)23(26)28/h4-12,22,25,27H,1-3H3. The lowest BCUT2D eigenvalue weighted by molar-refractivity contribution is 0.0974. The number of carbonyl (C=O) groups is 1. The minimum Gasteiger partial charge on any atom is -0.503 e. The van der Waals surface area contributed by atoms with E-state index < -0.39 is 6.17 Å². The molecule has 0 saturated carbocycles. The lowest BCUT2D eigenvalue weighted by Crippen LogP contribution is -2.43. The molecule has 1 unspecified atom stereocenters. The van der Waals surface area contributed by atoms with Crippen molar-refractivity contribution in [3.8, 4) is 23.0 Å². The Bertz CT molecular complexity index is 1150. The van der Waals surface area contributed by atoms with Crippen molar-refractivity contribution in [1.29, 1.82) is 0 Å². The van der Waals surface area contributed by atoms with Crippen LogP contribution in [-0.4, -0.2) is 32.3 Å². The minimum absolute atomic E-state index is 0.115. The van der Waals surface area contributed by atoms with E-state index >= 15 is 0 Å².